The number of aromatic nitrogens is 3. The van der Waals surface area contributed by atoms with E-state index in [4.69, 9.17) is 9.72 Å². The highest BCUT2D eigenvalue weighted by Crippen LogP contribution is 2.38. The van der Waals surface area contributed by atoms with E-state index in [0.717, 1.165) is 65.0 Å². The van der Waals surface area contributed by atoms with Crippen molar-refractivity contribution in [3.8, 4) is 22.9 Å². The number of pyridine rings is 1. The van der Waals surface area contributed by atoms with Gasteiger partial charge in [0.1, 0.15) is 5.75 Å². The molecule has 5 rings (SSSR count). The van der Waals surface area contributed by atoms with E-state index < -0.39 is 6.10 Å². The molecule has 0 amide bonds. The Morgan fingerprint density at radius 3 is 2.73 bits per heavy atom. The molecule has 1 aliphatic rings. The largest absolute Gasteiger partial charge is 0.437 e. The SMILES string of the molecule is Cc1ccc2c(N[C@H](C)[C@@H](C)O)cccc2c1Oc1ncccc1-c1ccnc(N[C@H]2CCCNC2)n1. The number of hydrogen-bond donors (Lipinski definition) is 4. The number of nitrogens with one attached hydrogen (secondary N) is 3. The fourth-order valence-corrected chi connectivity index (χ4v) is 4.57. The highest BCUT2D eigenvalue weighted by molar-refractivity contribution is 5.98. The van der Waals surface area contributed by atoms with Gasteiger partial charge in [-0.3, -0.25) is 0 Å². The Labute approximate surface area is 217 Å². The van der Waals surface area contributed by atoms with Gasteiger partial charge in [-0.2, -0.15) is 0 Å². The van der Waals surface area contributed by atoms with Crippen molar-refractivity contribution in [2.24, 2.45) is 0 Å². The average molecular weight is 499 g/mol. The summed E-state index contributed by atoms with van der Waals surface area (Å²) in [4.78, 5) is 13.8. The number of aliphatic hydroxyl groups is 1. The molecule has 0 bridgehead atoms. The Bertz CT molecular complexity index is 1370. The Morgan fingerprint density at radius 1 is 1.03 bits per heavy atom. The molecule has 1 aliphatic heterocycles. The minimum Gasteiger partial charge on any atom is -0.437 e. The highest BCUT2D eigenvalue weighted by atomic mass is 16.5. The maximum absolute atomic E-state index is 9.98. The van der Waals surface area contributed by atoms with Crippen LogP contribution in [-0.4, -0.2) is 51.3 Å². The summed E-state index contributed by atoms with van der Waals surface area (Å²) < 4.78 is 6.53. The van der Waals surface area contributed by atoms with Gasteiger partial charge in [-0.25, -0.2) is 15.0 Å². The molecule has 3 heterocycles. The molecule has 2 aromatic carbocycles. The zero-order chi connectivity index (χ0) is 25.8. The molecule has 0 saturated carbocycles. The molecule has 0 radical (unpaired) electrons. The first-order valence-corrected chi connectivity index (χ1v) is 12.9. The van der Waals surface area contributed by atoms with Gasteiger partial charge in [0.2, 0.25) is 11.8 Å². The molecule has 8 heteroatoms. The maximum Gasteiger partial charge on any atom is 0.228 e. The van der Waals surface area contributed by atoms with Crippen molar-refractivity contribution in [2.75, 3.05) is 23.7 Å². The molecule has 1 fully saturated rings. The summed E-state index contributed by atoms with van der Waals surface area (Å²) in [5.41, 5.74) is 3.49. The van der Waals surface area contributed by atoms with E-state index in [1.807, 2.05) is 56.3 Å². The first-order valence-electron chi connectivity index (χ1n) is 12.9. The van der Waals surface area contributed by atoms with Gasteiger partial charge in [-0.15, -0.1) is 0 Å². The molecule has 4 N–H and O–H groups in total. The molecule has 1 saturated heterocycles. The summed E-state index contributed by atoms with van der Waals surface area (Å²) in [6.45, 7) is 7.73. The van der Waals surface area contributed by atoms with E-state index in [1.54, 1.807) is 19.3 Å². The van der Waals surface area contributed by atoms with Crippen LogP contribution in [0.25, 0.3) is 22.0 Å². The van der Waals surface area contributed by atoms with Crippen molar-refractivity contribution in [3.63, 3.8) is 0 Å². The fraction of sp³-hybridized carbons (Fsp3) is 0.345. The maximum atomic E-state index is 9.98. The summed E-state index contributed by atoms with van der Waals surface area (Å²) in [5, 5.41) is 22.3. The molecule has 2 aromatic heterocycles. The smallest absolute Gasteiger partial charge is 0.228 e. The summed E-state index contributed by atoms with van der Waals surface area (Å²) in [6.07, 6.45) is 5.24. The number of ether oxygens (including phenoxy) is 1. The summed E-state index contributed by atoms with van der Waals surface area (Å²) in [6, 6.07) is 16.1. The van der Waals surface area contributed by atoms with Crippen LogP contribution in [0.3, 0.4) is 0 Å². The van der Waals surface area contributed by atoms with Gasteiger partial charge < -0.3 is 25.8 Å². The Kier molecular flexibility index (Phi) is 7.48. The van der Waals surface area contributed by atoms with Crippen LogP contribution in [0.4, 0.5) is 11.6 Å². The van der Waals surface area contributed by atoms with Crippen LogP contribution in [0.2, 0.25) is 0 Å². The minimum atomic E-state index is -0.478. The van der Waals surface area contributed by atoms with Gasteiger partial charge in [-0.05, 0) is 70.0 Å². The fourth-order valence-electron chi connectivity index (χ4n) is 4.57. The number of anilines is 2. The monoisotopic (exact) mass is 498 g/mol. The Morgan fingerprint density at radius 2 is 1.92 bits per heavy atom. The van der Waals surface area contributed by atoms with Crippen molar-refractivity contribution < 1.29 is 9.84 Å². The number of piperidine rings is 1. The Balaban J connectivity index is 1.48. The molecule has 0 unspecified atom stereocenters. The molecule has 0 spiro atoms. The number of fused-ring (bicyclic) bond motifs is 1. The van der Waals surface area contributed by atoms with Gasteiger partial charge in [0.25, 0.3) is 0 Å². The van der Waals surface area contributed by atoms with Crippen molar-refractivity contribution in [2.45, 2.75) is 51.8 Å². The highest BCUT2D eigenvalue weighted by Gasteiger charge is 2.18. The molecule has 192 valence electrons. The quantitative estimate of drug-likeness (QED) is 0.265. The van der Waals surface area contributed by atoms with E-state index in [2.05, 4.69) is 32.0 Å². The minimum absolute atomic E-state index is 0.0939. The van der Waals surface area contributed by atoms with E-state index in [-0.39, 0.29) is 6.04 Å². The van der Waals surface area contributed by atoms with E-state index in [9.17, 15) is 5.11 Å². The predicted octanol–water partition coefficient (Wildman–Crippen LogP) is 5.14. The third-order valence-corrected chi connectivity index (χ3v) is 6.85. The van der Waals surface area contributed by atoms with Gasteiger partial charge in [0, 0.05) is 47.5 Å². The van der Waals surface area contributed by atoms with E-state index in [1.165, 1.54) is 0 Å². The normalized spacial score (nSPS) is 17.2. The lowest BCUT2D eigenvalue weighted by Gasteiger charge is -2.23. The van der Waals surface area contributed by atoms with Crippen molar-refractivity contribution in [1.82, 2.24) is 20.3 Å². The first kappa shape index (κ1) is 24.9. The number of rotatable bonds is 8. The zero-order valence-electron chi connectivity index (χ0n) is 21.5. The standard InChI is InChI=1S/C29H34N6O2/c1-18-11-12-22-23(8-4-10-25(22)33-19(2)20(3)36)27(18)37-28-24(9-6-15-31-28)26-13-16-32-29(35-26)34-21-7-5-14-30-17-21/h4,6,8-13,15-16,19-21,30,33,36H,5,7,14,17H2,1-3H3,(H,32,34,35)/t19-,20-,21+/m1/s1. The molecular formula is C29H34N6O2. The number of nitrogens with zero attached hydrogens (tertiary/aromatic N) is 3. The number of benzene rings is 2. The second-order valence-electron chi connectivity index (χ2n) is 9.70. The van der Waals surface area contributed by atoms with Gasteiger partial charge in [0.15, 0.2) is 0 Å². The second-order valence-corrected chi connectivity index (χ2v) is 9.70. The lowest BCUT2D eigenvalue weighted by molar-refractivity contribution is 0.178. The zero-order valence-corrected chi connectivity index (χ0v) is 21.5. The topological polar surface area (TPSA) is 104 Å². The molecule has 4 aromatic rings. The van der Waals surface area contributed by atoms with Crippen LogP contribution in [0.15, 0.2) is 60.9 Å². The third kappa shape index (κ3) is 5.65. The number of hydrogen-bond acceptors (Lipinski definition) is 8. The van der Waals surface area contributed by atoms with Crippen molar-refractivity contribution >= 4 is 22.4 Å². The predicted molar refractivity (Wildman–Crippen MR) is 148 cm³/mol. The number of aliphatic hydroxyl groups excluding tert-OH is 1. The second kappa shape index (κ2) is 11.1. The summed E-state index contributed by atoms with van der Waals surface area (Å²) in [5.74, 6) is 1.83. The van der Waals surface area contributed by atoms with Gasteiger partial charge in [-0.1, -0.05) is 24.3 Å². The number of aryl methyl sites for hydroxylation is 1. The van der Waals surface area contributed by atoms with Crippen LogP contribution in [-0.2, 0) is 0 Å². The molecule has 37 heavy (non-hydrogen) atoms. The van der Waals surface area contributed by atoms with Crippen LogP contribution in [0, 0.1) is 6.92 Å². The van der Waals surface area contributed by atoms with Crippen molar-refractivity contribution in [3.05, 3.63) is 66.5 Å². The molecule has 3 atom stereocenters. The first-order chi connectivity index (χ1) is 18.0. The molecule has 0 aliphatic carbocycles. The summed E-state index contributed by atoms with van der Waals surface area (Å²) in [7, 11) is 0. The van der Waals surface area contributed by atoms with E-state index in [0.29, 0.717) is 17.9 Å². The van der Waals surface area contributed by atoms with Crippen LogP contribution in [0.5, 0.6) is 11.6 Å². The van der Waals surface area contributed by atoms with E-state index >= 15 is 0 Å². The molecule has 8 nitrogen and oxygen atoms in total. The lowest BCUT2D eigenvalue weighted by Crippen LogP contribution is -2.38. The average Bonchev–Trinajstić information content (AvgIpc) is 2.91. The molecular weight excluding hydrogens is 464 g/mol. The lowest BCUT2D eigenvalue weighted by atomic mass is 10.0. The van der Waals surface area contributed by atoms with Crippen molar-refractivity contribution in [1.29, 1.82) is 0 Å². The Hall–Kier alpha value is -3.75. The van der Waals surface area contributed by atoms with Crippen LogP contribution in [0.1, 0.15) is 32.3 Å². The van der Waals surface area contributed by atoms with Gasteiger partial charge in [0.05, 0.1) is 17.4 Å². The van der Waals surface area contributed by atoms with Gasteiger partial charge >= 0.3 is 0 Å². The summed E-state index contributed by atoms with van der Waals surface area (Å²) >= 11 is 0. The van der Waals surface area contributed by atoms with Crippen LogP contribution < -0.4 is 20.7 Å². The van der Waals surface area contributed by atoms with Crippen LogP contribution >= 0.6 is 0 Å². The third-order valence-electron chi connectivity index (χ3n) is 6.85.